The Morgan fingerprint density at radius 2 is 1.86 bits per heavy atom. The number of hydrogen-bond acceptors (Lipinski definition) is 4. The SMILES string of the molecule is C=CCn1c(SCc2c(Cl)cccc2Cl)nnc1C(C)Oc1cccc(Cl)c1. The number of halogens is 3. The van der Waals surface area contributed by atoms with Crippen molar-refractivity contribution in [2.45, 2.75) is 30.5 Å². The van der Waals surface area contributed by atoms with E-state index in [1.54, 1.807) is 18.2 Å². The smallest absolute Gasteiger partial charge is 0.191 e. The summed E-state index contributed by atoms with van der Waals surface area (Å²) >= 11 is 20.1. The molecular formula is C20H18Cl3N3OS. The zero-order valence-electron chi connectivity index (χ0n) is 15.1. The molecule has 1 unspecified atom stereocenters. The summed E-state index contributed by atoms with van der Waals surface area (Å²) < 4.78 is 7.96. The first-order valence-electron chi connectivity index (χ1n) is 8.51. The number of aromatic nitrogens is 3. The van der Waals surface area contributed by atoms with Crippen molar-refractivity contribution in [3.63, 3.8) is 0 Å². The van der Waals surface area contributed by atoms with Gasteiger partial charge in [0.15, 0.2) is 17.1 Å². The first-order valence-corrected chi connectivity index (χ1v) is 10.6. The van der Waals surface area contributed by atoms with Gasteiger partial charge in [0, 0.05) is 27.4 Å². The third-order valence-corrected chi connectivity index (χ3v) is 5.87. The van der Waals surface area contributed by atoms with Gasteiger partial charge in [-0.25, -0.2) is 0 Å². The Bertz CT molecular complexity index is 957. The molecule has 0 saturated carbocycles. The quantitative estimate of drug-likeness (QED) is 0.275. The number of thioether (sulfide) groups is 1. The van der Waals surface area contributed by atoms with Crippen molar-refractivity contribution >= 4 is 46.6 Å². The average molecular weight is 455 g/mol. The van der Waals surface area contributed by atoms with Gasteiger partial charge < -0.3 is 4.74 Å². The molecule has 0 bridgehead atoms. The maximum Gasteiger partial charge on any atom is 0.191 e. The van der Waals surface area contributed by atoms with Crippen LogP contribution in [-0.4, -0.2) is 14.8 Å². The number of rotatable bonds is 8. The zero-order chi connectivity index (χ0) is 20.1. The summed E-state index contributed by atoms with van der Waals surface area (Å²) in [7, 11) is 0. The van der Waals surface area contributed by atoms with Crippen LogP contribution in [0.15, 0.2) is 60.3 Å². The summed E-state index contributed by atoms with van der Waals surface area (Å²) in [6.45, 7) is 6.31. The van der Waals surface area contributed by atoms with E-state index >= 15 is 0 Å². The van der Waals surface area contributed by atoms with E-state index in [-0.39, 0.29) is 6.10 Å². The molecule has 3 rings (SSSR count). The Hall–Kier alpha value is -1.66. The van der Waals surface area contributed by atoms with E-state index in [1.165, 1.54) is 11.8 Å². The van der Waals surface area contributed by atoms with Crippen LogP contribution in [-0.2, 0) is 12.3 Å². The van der Waals surface area contributed by atoms with Crippen molar-refractivity contribution in [3.05, 3.63) is 81.6 Å². The van der Waals surface area contributed by atoms with Gasteiger partial charge in [-0.2, -0.15) is 0 Å². The third-order valence-electron chi connectivity index (χ3n) is 3.94. The normalized spacial score (nSPS) is 12.0. The van der Waals surface area contributed by atoms with Crippen LogP contribution >= 0.6 is 46.6 Å². The van der Waals surface area contributed by atoms with Crippen LogP contribution in [0.4, 0.5) is 0 Å². The fourth-order valence-electron chi connectivity index (χ4n) is 2.61. The minimum Gasteiger partial charge on any atom is -0.483 e. The fraction of sp³-hybridized carbons (Fsp3) is 0.200. The lowest BCUT2D eigenvalue weighted by molar-refractivity contribution is 0.210. The molecule has 0 N–H and O–H groups in total. The zero-order valence-corrected chi connectivity index (χ0v) is 18.2. The predicted octanol–water partition coefficient (Wildman–Crippen LogP) is 6.86. The van der Waals surface area contributed by atoms with Gasteiger partial charge in [0.1, 0.15) is 5.75 Å². The van der Waals surface area contributed by atoms with Gasteiger partial charge in [-0.05, 0) is 42.8 Å². The first kappa shape index (κ1) is 21.1. The molecule has 146 valence electrons. The highest BCUT2D eigenvalue weighted by atomic mass is 35.5. The van der Waals surface area contributed by atoms with E-state index in [0.717, 1.165) is 10.7 Å². The third kappa shape index (κ3) is 5.03. The molecule has 0 fully saturated rings. The lowest BCUT2D eigenvalue weighted by Crippen LogP contribution is -2.12. The van der Waals surface area contributed by atoms with Crippen LogP contribution in [0.2, 0.25) is 15.1 Å². The predicted molar refractivity (Wildman–Crippen MR) is 117 cm³/mol. The molecule has 0 aliphatic rings. The van der Waals surface area contributed by atoms with Crippen molar-refractivity contribution in [2.24, 2.45) is 0 Å². The van der Waals surface area contributed by atoms with E-state index in [2.05, 4.69) is 16.8 Å². The largest absolute Gasteiger partial charge is 0.483 e. The van der Waals surface area contributed by atoms with Gasteiger partial charge in [0.2, 0.25) is 0 Å². The van der Waals surface area contributed by atoms with Gasteiger partial charge >= 0.3 is 0 Å². The summed E-state index contributed by atoms with van der Waals surface area (Å²) in [6.07, 6.45) is 1.48. The molecule has 0 aliphatic heterocycles. The average Bonchev–Trinajstić information content (AvgIpc) is 3.04. The van der Waals surface area contributed by atoms with E-state index in [4.69, 9.17) is 39.5 Å². The number of allylic oxidation sites excluding steroid dienone is 1. The second-order valence-electron chi connectivity index (χ2n) is 5.95. The monoisotopic (exact) mass is 453 g/mol. The molecule has 1 atom stereocenters. The van der Waals surface area contributed by atoms with E-state index in [9.17, 15) is 0 Å². The maximum atomic E-state index is 6.27. The van der Waals surface area contributed by atoms with Gasteiger partial charge in [-0.3, -0.25) is 4.57 Å². The second-order valence-corrected chi connectivity index (χ2v) is 8.14. The summed E-state index contributed by atoms with van der Waals surface area (Å²) in [5.74, 6) is 1.95. The highest BCUT2D eigenvalue weighted by Gasteiger charge is 2.20. The fourth-order valence-corrected chi connectivity index (χ4v) is 4.49. The van der Waals surface area contributed by atoms with Crippen molar-refractivity contribution in [3.8, 4) is 5.75 Å². The van der Waals surface area contributed by atoms with E-state index in [1.807, 2.05) is 41.8 Å². The van der Waals surface area contributed by atoms with Gasteiger partial charge in [-0.1, -0.05) is 64.8 Å². The van der Waals surface area contributed by atoms with Gasteiger partial charge in [-0.15, -0.1) is 16.8 Å². The summed E-state index contributed by atoms with van der Waals surface area (Å²) in [6, 6.07) is 12.7. The van der Waals surface area contributed by atoms with E-state index in [0.29, 0.717) is 38.9 Å². The van der Waals surface area contributed by atoms with Crippen molar-refractivity contribution in [1.29, 1.82) is 0 Å². The molecule has 28 heavy (non-hydrogen) atoms. The van der Waals surface area contributed by atoms with Crippen molar-refractivity contribution < 1.29 is 4.74 Å². The molecular weight excluding hydrogens is 437 g/mol. The summed E-state index contributed by atoms with van der Waals surface area (Å²) in [4.78, 5) is 0. The van der Waals surface area contributed by atoms with Crippen LogP contribution in [0.3, 0.4) is 0 Å². The molecule has 1 heterocycles. The molecule has 0 saturated heterocycles. The molecule has 0 aliphatic carbocycles. The summed E-state index contributed by atoms with van der Waals surface area (Å²) in [5, 5.41) is 11.3. The van der Waals surface area contributed by atoms with Gasteiger partial charge in [0.05, 0.1) is 0 Å². The molecule has 1 aromatic heterocycles. The highest BCUT2D eigenvalue weighted by Crippen LogP contribution is 2.32. The van der Waals surface area contributed by atoms with Crippen molar-refractivity contribution in [2.75, 3.05) is 0 Å². The molecule has 8 heteroatoms. The van der Waals surface area contributed by atoms with E-state index < -0.39 is 0 Å². The topological polar surface area (TPSA) is 39.9 Å². The number of ether oxygens (including phenoxy) is 1. The Balaban J connectivity index is 1.80. The molecule has 4 nitrogen and oxygen atoms in total. The number of benzene rings is 2. The van der Waals surface area contributed by atoms with Crippen LogP contribution in [0, 0.1) is 0 Å². The van der Waals surface area contributed by atoms with Crippen LogP contribution < -0.4 is 4.74 Å². The lowest BCUT2D eigenvalue weighted by Gasteiger charge is -2.16. The minimum atomic E-state index is -0.316. The Morgan fingerprint density at radius 1 is 1.14 bits per heavy atom. The molecule has 2 aromatic carbocycles. The lowest BCUT2D eigenvalue weighted by atomic mass is 10.2. The Kier molecular flexibility index (Phi) is 7.30. The number of nitrogens with zero attached hydrogens (tertiary/aromatic N) is 3. The molecule has 0 spiro atoms. The van der Waals surface area contributed by atoms with Crippen LogP contribution in [0.5, 0.6) is 5.75 Å². The van der Waals surface area contributed by atoms with Gasteiger partial charge in [0.25, 0.3) is 0 Å². The summed E-state index contributed by atoms with van der Waals surface area (Å²) in [5.41, 5.74) is 0.869. The van der Waals surface area contributed by atoms with Crippen molar-refractivity contribution in [1.82, 2.24) is 14.8 Å². The number of hydrogen-bond donors (Lipinski definition) is 0. The molecule has 0 radical (unpaired) electrons. The van der Waals surface area contributed by atoms with Crippen LogP contribution in [0.25, 0.3) is 0 Å². The Labute approximate surface area is 183 Å². The highest BCUT2D eigenvalue weighted by molar-refractivity contribution is 7.98. The Morgan fingerprint density at radius 3 is 2.54 bits per heavy atom. The van der Waals surface area contributed by atoms with Crippen LogP contribution in [0.1, 0.15) is 24.4 Å². The second kappa shape index (κ2) is 9.70. The maximum absolute atomic E-state index is 6.27. The molecule has 3 aromatic rings. The molecule has 0 amide bonds. The first-order chi connectivity index (χ1) is 13.5. The standard InChI is InChI=1S/C20H18Cl3N3OS/c1-3-10-26-19(13(2)27-15-7-4-6-14(21)11-15)24-25-20(26)28-12-16-17(22)8-5-9-18(16)23/h3-9,11,13H,1,10,12H2,2H3. The minimum absolute atomic E-state index is 0.316.